The molecule has 2 rings (SSSR count). The summed E-state index contributed by atoms with van der Waals surface area (Å²) in [6.45, 7) is 9.38. The standard InChI is InChI=1S/C14H26N4OS/c1-4-5-17-6-8-18(9-7-17)14-16-12(11-19-3)13(20-14)10-15-2/h15H,4-11H2,1-3H3. The highest BCUT2D eigenvalue weighted by molar-refractivity contribution is 7.15. The van der Waals surface area contributed by atoms with Gasteiger partial charge in [0, 0.05) is 44.7 Å². The molecule has 0 amide bonds. The SMILES string of the molecule is CCCN1CCN(c2nc(COC)c(CNC)s2)CC1. The first kappa shape index (κ1) is 15.7. The van der Waals surface area contributed by atoms with Crippen molar-refractivity contribution in [3.63, 3.8) is 0 Å². The van der Waals surface area contributed by atoms with Crippen molar-refractivity contribution >= 4 is 16.5 Å². The third-order valence-corrected chi connectivity index (χ3v) is 4.73. The van der Waals surface area contributed by atoms with Crippen molar-refractivity contribution in [3.05, 3.63) is 10.6 Å². The van der Waals surface area contributed by atoms with E-state index in [0.717, 1.165) is 43.5 Å². The lowest BCUT2D eigenvalue weighted by molar-refractivity contribution is 0.181. The van der Waals surface area contributed by atoms with Crippen molar-refractivity contribution in [2.45, 2.75) is 26.5 Å². The van der Waals surface area contributed by atoms with Crippen LogP contribution in [0.1, 0.15) is 23.9 Å². The van der Waals surface area contributed by atoms with Crippen LogP contribution in [0, 0.1) is 0 Å². The van der Waals surface area contributed by atoms with Crippen LogP contribution < -0.4 is 10.2 Å². The second-order valence-electron chi connectivity index (χ2n) is 5.16. The Balaban J connectivity index is 2.00. The molecule has 20 heavy (non-hydrogen) atoms. The summed E-state index contributed by atoms with van der Waals surface area (Å²) in [4.78, 5) is 11.0. The summed E-state index contributed by atoms with van der Waals surface area (Å²) in [6, 6.07) is 0. The molecule has 1 aromatic rings. The smallest absolute Gasteiger partial charge is 0.186 e. The zero-order valence-electron chi connectivity index (χ0n) is 12.8. The van der Waals surface area contributed by atoms with Gasteiger partial charge in [-0.3, -0.25) is 4.90 Å². The normalized spacial score (nSPS) is 16.9. The molecule has 2 heterocycles. The summed E-state index contributed by atoms with van der Waals surface area (Å²) in [5.74, 6) is 0. The van der Waals surface area contributed by atoms with E-state index in [1.165, 1.54) is 17.8 Å². The molecule has 5 nitrogen and oxygen atoms in total. The predicted molar refractivity (Wildman–Crippen MR) is 84.5 cm³/mol. The Morgan fingerprint density at radius 2 is 2.05 bits per heavy atom. The number of nitrogens with one attached hydrogen (secondary N) is 1. The Morgan fingerprint density at radius 3 is 2.65 bits per heavy atom. The maximum Gasteiger partial charge on any atom is 0.186 e. The number of hydrogen-bond acceptors (Lipinski definition) is 6. The molecule has 0 atom stereocenters. The number of ether oxygens (including phenoxy) is 1. The molecule has 0 spiro atoms. The second-order valence-corrected chi connectivity index (χ2v) is 6.22. The molecule has 6 heteroatoms. The molecule has 0 bridgehead atoms. The van der Waals surface area contributed by atoms with Crippen LogP contribution in [0.2, 0.25) is 0 Å². The first-order valence-corrected chi connectivity index (χ1v) is 8.19. The Hall–Kier alpha value is -0.690. The molecule has 0 aromatic carbocycles. The lowest BCUT2D eigenvalue weighted by atomic mass is 10.3. The average molecular weight is 298 g/mol. The van der Waals surface area contributed by atoms with Crippen LogP contribution in [0.15, 0.2) is 0 Å². The highest BCUT2D eigenvalue weighted by Gasteiger charge is 2.20. The van der Waals surface area contributed by atoms with Crippen LogP contribution in [-0.2, 0) is 17.9 Å². The highest BCUT2D eigenvalue weighted by Crippen LogP contribution is 2.27. The lowest BCUT2D eigenvalue weighted by Crippen LogP contribution is -2.46. The Labute approximate surface area is 125 Å². The minimum Gasteiger partial charge on any atom is -0.378 e. The maximum atomic E-state index is 5.25. The van der Waals surface area contributed by atoms with Gasteiger partial charge in [0.15, 0.2) is 5.13 Å². The van der Waals surface area contributed by atoms with Crippen LogP contribution in [0.3, 0.4) is 0 Å². The molecular weight excluding hydrogens is 272 g/mol. The topological polar surface area (TPSA) is 40.6 Å². The van der Waals surface area contributed by atoms with Crippen LogP contribution in [-0.4, -0.2) is 56.8 Å². The van der Waals surface area contributed by atoms with Gasteiger partial charge in [-0.05, 0) is 20.0 Å². The molecule has 1 saturated heterocycles. The summed E-state index contributed by atoms with van der Waals surface area (Å²) in [6.07, 6.45) is 1.24. The van der Waals surface area contributed by atoms with E-state index in [9.17, 15) is 0 Å². The van der Waals surface area contributed by atoms with E-state index in [2.05, 4.69) is 22.0 Å². The van der Waals surface area contributed by atoms with Gasteiger partial charge in [0.1, 0.15) is 0 Å². The van der Waals surface area contributed by atoms with Crippen LogP contribution >= 0.6 is 11.3 Å². The Morgan fingerprint density at radius 1 is 1.30 bits per heavy atom. The Bertz CT molecular complexity index is 378. The van der Waals surface area contributed by atoms with Gasteiger partial charge < -0.3 is 15.0 Å². The molecule has 1 N–H and O–H groups in total. The van der Waals surface area contributed by atoms with Crippen LogP contribution in [0.4, 0.5) is 5.13 Å². The fourth-order valence-corrected chi connectivity index (χ4v) is 3.66. The quantitative estimate of drug-likeness (QED) is 0.827. The Kier molecular flexibility index (Phi) is 6.22. The molecule has 0 saturated carbocycles. The van der Waals surface area contributed by atoms with Gasteiger partial charge in [-0.1, -0.05) is 6.92 Å². The molecule has 0 aliphatic carbocycles. The third-order valence-electron chi connectivity index (χ3n) is 3.57. The fraction of sp³-hybridized carbons (Fsp3) is 0.786. The van der Waals surface area contributed by atoms with Gasteiger partial charge >= 0.3 is 0 Å². The van der Waals surface area contributed by atoms with Crippen molar-refractivity contribution in [2.75, 3.05) is 51.8 Å². The summed E-state index contributed by atoms with van der Waals surface area (Å²) in [7, 11) is 3.70. The summed E-state index contributed by atoms with van der Waals surface area (Å²) >= 11 is 1.80. The average Bonchev–Trinajstić information content (AvgIpc) is 2.84. The number of aromatic nitrogens is 1. The largest absolute Gasteiger partial charge is 0.378 e. The molecule has 1 aliphatic rings. The first-order valence-electron chi connectivity index (χ1n) is 7.37. The van der Waals surface area contributed by atoms with Crippen molar-refractivity contribution in [3.8, 4) is 0 Å². The van der Waals surface area contributed by atoms with Gasteiger partial charge in [0.2, 0.25) is 0 Å². The van der Waals surface area contributed by atoms with E-state index in [0.29, 0.717) is 6.61 Å². The van der Waals surface area contributed by atoms with Crippen molar-refractivity contribution in [1.29, 1.82) is 0 Å². The number of methoxy groups -OCH3 is 1. The van der Waals surface area contributed by atoms with Gasteiger partial charge in [-0.15, -0.1) is 11.3 Å². The van der Waals surface area contributed by atoms with E-state index in [4.69, 9.17) is 9.72 Å². The first-order chi connectivity index (χ1) is 9.78. The summed E-state index contributed by atoms with van der Waals surface area (Å²) < 4.78 is 5.25. The fourth-order valence-electron chi connectivity index (χ4n) is 2.53. The lowest BCUT2D eigenvalue weighted by Gasteiger charge is -2.34. The number of rotatable bonds is 7. The van der Waals surface area contributed by atoms with Gasteiger partial charge in [0.25, 0.3) is 0 Å². The third kappa shape index (κ3) is 3.91. The predicted octanol–water partition coefficient (Wildman–Crippen LogP) is 1.54. The van der Waals surface area contributed by atoms with E-state index in [1.807, 2.05) is 7.05 Å². The molecule has 1 fully saturated rings. The monoisotopic (exact) mass is 298 g/mol. The molecule has 0 unspecified atom stereocenters. The maximum absolute atomic E-state index is 5.25. The van der Waals surface area contributed by atoms with E-state index in [-0.39, 0.29) is 0 Å². The van der Waals surface area contributed by atoms with E-state index < -0.39 is 0 Å². The van der Waals surface area contributed by atoms with Crippen LogP contribution in [0.5, 0.6) is 0 Å². The summed E-state index contributed by atoms with van der Waals surface area (Å²) in [5, 5.41) is 4.36. The summed E-state index contributed by atoms with van der Waals surface area (Å²) in [5.41, 5.74) is 1.08. The van der Waals surface area contributed by atoms with Crippen molar-refractivity contribution in [1.82, 2.24) is 15.2 Å². The molecule has 0 radical (unpaired) electrons. The van der Waals surface area contributed by atoms with Gasteiger partial charge in [0.05, 0.1) is 12.3 Å². The molecule has 114 valence electrons. The number of piperazine rings is 1. The number of nitrogens with zero attached hydrogens (tertiary/aromatic N) is 3. The minimum absolute atomic E-state index is 0.601. The zero-order valence-corrected chi connectivity index (χ0v) is 13.6. The number of anilines is 1. The minimum atomic E-state index is 0.601. The zero-order chi connectivity index (χ0) is 14.4. The van der Waals surface area contributed by atoms with Gasteiger partial charge in [-0.2, -0.15) is 0 Å². The number of thiazole rings is 1. The van der Waals surface area contributed by atoms with Gasteiger partial charge in [-0.25, -0.2) is 4.98 Å². The molecule has 1 aliphatic heterocycles. The molecule has 1 aromatic heterocycles. The van der Waals surface area contributed by atoms with Crippen LogP contribution in [0.25, 0.3) is 0 Å². The highest BCUT2D eigenvalue weighted by atomic mass is 32.1. The van der Waals surface area contributed by atoms with Crippen molar-refractivity contribution in [2.24, 2.45) is 0 Å². The van der Waals surface area contributed by atoms with Crippen molar-refractivity contribution < 1.29 is 4.74 Å². The van der Waals surface area contributed by atoms with E-state index in [1.54, 1.807) is 18.4 Å². The second kappa shape index (κ2) is 7.93. The molecular formula is C14H26N4OS. The van der Waals surface area contributed by atoms with E-state index >= 15 is 0 Å². The number of hydrogen-bond donors (Lipinski definition) is 1.